The molecule has 0 fully saturated rings. The van der Waals surface area contributed by atoms with Crippen molar-refractivity contribution in [1.29, 1.82) is 0 Å². The monoisotopic (exact) mass is 283 g/mol. The lowest BCUT2D eigenvalue weighted by molar-refractivity contribution is 0.105. The van der Waals surface area contributed by atoms with Crippen molar-refractivity contribution in [3.05, 3.63) is 34.0 Å². The average molecular weight is 284 g/mol. The zero-order valence-electron chi connectivity index (χ0n) is 9.80. The van der Waals surface area contributed by atoms with Crippen LogP contribution < -0.4 is 0 Å². The molecule has 1 aliphatic heterocycles. The van der Waals surface area contributed by atoms with Crippen LogP contribution in [0.2, 0.25) is 5.02 Å². The van der Waals surface area contributed by atoms with Crippen molar-refractivity contribution < 1.29 is 9.21 Å². The Kier molecular flexibility index (Phi) is 2.85. The van der Waals surface area contributed by atoms with Gasteiger partial charge in [-0.2, -0.15) is 0 Å². The van der Waals surface area contributed by atoms with Crippen LogP contribution in [-0.2, 0) is 13.0 Å². The standard InChI is InChI=1S/C13H11Cl2NO2/c1-16-5-4-7-9(14)2-3-10-11(7)8(6-16)12(18-10)13(15)17/h2-3H,4-6H2,1H3. The van der Waals surface area contributed by atoms with Crippen LogP contribution in [0, 0.1) is 0 Å². The van der Waals surface area contributed by atoms with E-state index >= 15 is 0 Å². The van der Waals surface area contributed by atoms with Crippen molar-refractivity contribution in [2.75, 3.05) is 13.6 Å². The lowest BCUT2D eigenvalue weighted by Gasteiger charge is -2.12. The molecule has 2 aromatic rings. The lowest BCUT2D eigenvalue weighted by atomic mass is 10.0. The van der Waals surface area contributed by atoms with Gasteiger partial charge in [0.15, 0.2) is 5.76 Å². The van der Waals surface area contributed by atoms with Crippen LogP contribution in [-0.4, -0.2) is 23.7 Å². The van der Waals surface area contributed by atoms with Crippen molar-refractivity contribution in [2.45, 2.75) is 13.0 Å². The first-order valence-corrected chi connectivity index (χ1v) is 6.44. The third kappa shape index (κ3) is 1.74. The van der Waals surface area contributed by atoms with Crippen LogP contribution in [0.3, 0.4) is 0 Å². The van der Waals surface area contributed by atoms with Gasteiger partial charge in [0.1, 0.15) is 5.58 Å². The summed E-state index contributed by atoms with van der Waals surface area (Å²) in [5.41, 5.74) is 2.58. The quantitative estimate of drug-likeness (QED) is 0.752. The smallest absolute Gasteiger partial charge is 0.288 e. The fourth-order valence-electron chi connectivity index (χ4n) is 2.51. The maximum absolute atomic E-state index is 11.5. The average Bonchev–Trinajstić information content (AvgIpc) is 2.57. The lowest BCUT2D eigenvalue weighted by Crippen LogP contribution is -2.19. The number of carbonyl (C=O) groups is 1. The van der Waals surface area contributed by atoms with Crippen LogP contribution in [0.25, 0.3) is 11.0 Å². The van der Waals surface area contributed by atoms with Gasteiger partial charge in [-0.15, -0.1) is 0 Å². The molecule has 94 valence electrons. The van der Waals surface area contributed by atoms with Gasteiger partial charge < -0.3 is 9.32 Å². The molecule has 0 saturated heterocycles. The summed E-state index contributed by atoms with van der Waals surface area (Å²) in [6.45, 7) is 1.54. The van der Waals surface area contributed by atoms with Gasteiger partial charge in [0.2, 0.25) is 0 Å². The van der Waals surface area contributed by atoms with Crippen molar-refractivity contribution in [1.82, 2.24) is 4.90 Å². The van der Waals surface area contributed by atoms with Gasteiger partial charge in [-0.1, -0.05) is 11.6 Å². The van der Waals surface area contributed by atoms with Gasteiger partial charge in [-0.05, 0) is 42.8 Å². The largest absolute Gasteiger partial charge is 0.451 e. The summed E-state index contributed by atoms with van der Waals surface area (Å²) in [4.78, 5) is 13.6. The first kappa shape index (κ1) is 12.0. The molecule has 3 rings (SSSR count). The zero-order chi connectivity index (χ0) is 12.9. The van der Waals surface area contributed by atoms with Gasteiger partial charge in [-0.3, -0.25) is 4.79 Å². The molecule has 2 heterocycles. The second-order valence-corrected chi connectivity index (χ2v) is 5.32. The molecule has 0 spiro atoms. The second-order valence-electron chi connectivity index (χ2n) is 4.57. The Bertz CT molecular complexity index is 648. The number of hydrogen-bond acceptors (Lipinski definition) is 3. The van der Waals surface area contributed by atoms with Crippen LogP contribution in [0.1, 0.15) is 21.7 Å². The molecule has 1 aliphatic rings. The number of furan rings is 1. The number of likely N-dealkylation sites (N-methyl/N-ethyl adjacent to an activating group) is 1. The summed E-state index contributed by atoms with van der Waals surface area (Å²) in [7, 11) is 2.00. The zero-order valence-corrected chi connectivity index (χ0v) is 11.3. The summed E-state index contributed by atoms with van der Waals surface area (Å²) in [5, 5.41) is 1.11. The molecule has 0 atom stereocenters. The van der Waals surface area contributed by atoms with E-state index < -0.39 is 5.24 Å². The molecule has 0 N–H and O–H groups in total. The van der Waals surface area contributed by atoms with Gasteiger partial charge in [0, 0.05) is 29.1 Å². The van der Waals surface area contributed by atoms with Crippen LogP contribution >= 0.6 is 23.2 Å². The minimum absolute atomic E-state index is 0.240. The molecule has 1 aromatic carbocycles. The van der Waals surface area contributed by atoms with Gasteiger partial charge in [-0.25, -0.2) is 0 Å². The Morgan fingerprint density at radius 3 is 2.89 bits per heavy atom. The number of carbonyl (C=O) groups excluding carboxylic acids is 1. The Hall–Kier alpha value is -1.03. The Balaban J connectivity index is 2.39. The molecule has 18 heavy (non-hydrogen) atoms. The number of halogens is 2. The molecule has 0 unspecified atom stereocenters. The maximum Gasteiger partial charge on any atom is 0.288 e. The normalized spacial score (nSPS) is 15.9. The SMILES string of the molecule is CN1CCc2c(Cl)ccc3oc(C(=O)Cl)c(c23)C1. The van der Waals surface area contributed by atoms with Crippen molar-refractivity contribution in [3.63, 3.8) is 0 Å². The minimum atomic E-state index is -0.557. The Morgan fingerprint density at radius 1 is 1.39 bits per heavy atom. The molecule has 1 aromatic heterocycles. The molecular weight excluding hydrogens is 273 g/mol. The highest BCUT2D eigenvalue weighted by molar-refractivity contribution is 6.67. The van der Waals surface area contributed by atoms with E-state index in [0.717, 1.165) is 29.5 Å². The fraction of sp³-hybridized carbons (Fsp3) is 0.308. The summed E-state index contributed by atoms with van der Waals surface area (Å²) in [6, 6.07) is 3.60. The molecule has 0 saturated carbocycles. The summed E-state index contributed by atoms with van der Waals surface area (Å²) < 4.78 is 5.56. The first-order chi connectivity index (χ1) is 8.58. The van der Waals surface area contributed by atoms with E-state index in [-0.39, 0.29) is 5.76 Å². The van der Waals surface area contributed by atoms with Gasteiger partial charge in [0.25, 0.3) is 5.24 Å². The third-order valence-corrected chi connectivity index (χ3v) is 3.88. The van der Waals surface area contributed by atoms with Gasteiger partial charge in [0.05, 0.1) is 0 Å². The van der Waals surface area contributed by atoms with Crippen molar-refractivity contribution >= 4 is 39.4 Å². The minimum Gasteiger partial charge on any atom is -0.451 e. The molecule has 0 amide bonds. The topological polar surface area (TPSA) is 33.5 Å². The molecule has 5 heteroatoms. The van der Waals surface area contributed by atoms with Crippen molar-refractivity contribution in [3.8, 4) is 0 Å². The van der Waals surface area contributed by atoms with Crippen LogP contribution in [0.4, 0.5) is 0 Å². The highest BCUT2D eigenvalue weighted by Gasteiger charge is 2.25. The predicted molar refractivity (Wildman–Crippen MR) is 71.4 cm³/mol. The number of nitrogens with zero attached hydrogens (tertiary/aromatic N) is 1. The number of hydrogen-bond donors (Lipinski definition) is 0. The molecule has 0 bridgehead atoms. The molecule has 0 aliphatic carbocycles. The van der Waals surface area contributed by atoms with E-state index in [1.54, 1.807) is 12.1 Å². The Labute approximate surface area is 114 Å². The molecule has 3 nitrogen and oxygen atoms in total. The third-order valence-electron chi connectivity index (χ3n) is 3.36. The predicted octanol–water partition coefficient (Wildman–Crippen LogP) is 3.45. The van der Waals surface area contributed by atoms with Gasteiger partial charge >= 0.3 is 0 Å². The molecule has 0 radical (unpaired) electrons. The highest BCUT2D eigenvalue weighted by atomic mass is 35.5. The number of benzene rings is 1. The first-order valence-electron chi connectivity index (χ1n) is 5.69. The van der Waals surface area contributed by atoms with Crippen molar-refractivity contribution in [2.24, 2.45) is 0 Å². The van der Waals surface area contributed by atoms with E-state index in [4.69, 9.17) is 27.6 Å². The highest BCUT2D eigenvalue weighted by Crippen LogP contribution is 2.36. The summed E-state index contributed by atoms with van der Waals surface area (Å²) in [6.07, 6.45) is 0.842. The van der Waals surface area contributed by atoms with E-state index in [9.17, 15) is 4.79 Å². The Morgan fingerprint density at radius 2 is 2.17 bits per heavy atom. The van der Waals surface area contributed by atoms with E-state index in [0.29, 0.717) is 17.2 Å². The second kappa shape index (κ2) is 4.26. The molecular formula is C13H11Cl2NO2. The van der Waals surface area contributed by atoms with Crippen LogP contribution in [0.15, 0.2) is 16.5 Å². The maximum atomic E-state index is 11.5. The summed E-state index contributed by atoms with van der Waals surface area (Å²) in [5.74, 6) is 0.240. The van der Waals surface area contributed by atoms with E-state index in [1.165, 1.54) is 0 Å². The van der Waals surface area contributed by atoms with Crippen LogP contribution in [0.5, 0.6) is 0 Å². The summed E-state index contributed by atoms with van der Waals surface area (Å²) >= 11 is 11.8. The fourth-order valence-corrected chi connectivity index (χ4v) is 2.91. The number of rotatable bonds is 1. The van der Waals surface area contributed by atoms with E-state index in [2.05, 4.69) is 4.90 Å². The van der Waals surface area contributed by atoms with E-state index in [1.807, 2.05) is 7.05 Å².